The second kappa shape index (κ2) is 9.68. The summed E-state index contributed by atoms with van der Waals surface area (Å²) < 4.78 is 7.21. The zero-order valence-electron chi connectivity index (χ0n) is 18.5. The van der Waals surface area contributed by atoms with Crippen LogP contribution in [0.5, 0.6) is 5.75 Å². The molecule has 1 N–H and O–H groups in total. The molecule has 0 aliphatic carbocycles. The monoisotopic (exact) mass is 432 g/mol. The average molecular weight is 433 g/mol. The molecule has 2 amide bonds. The van der Waals surface area contributed by atoms with Crippen LogP contribution >= 0.6 is 0 Å². The van der Waals surface area contributed by atoms with Crippen molar-refractivity contribution in [3.63, 3.8) is 0 Å². The normalized spacial score (nSPS) is 14.2. The number of benzene rings is 2. The second-order valence-electron chi connectivity index (χ2n) is 7.92. The summed E-state index contributed by atoms with van der Waals surface area (Å²) in [6.07, 6.45) is 1.43. The van der Waals surface area contributed by atoms with Gasteiger partial charge in [0.05, 0.1) is 12.3 Å². The second-order valence-corrected chi connectivity index (χ2v) is 7.92. The molecule has 1 saturated heterocycles. The van der Waals surface area contributed by atoms with Crippen LogP contribution in [0.4, 0.5) is 0 Å². The Kier molecular flexibility index (Phi) is 6.54. The van der Waals surface area contributed by atoms with Gasteiger partial charge < -0.3 is 15.0 Å². The quantitative estimate of drug-likeness (QED) is 0.646. The lowest BCUT2D eigenvalue weighted by molar-refractivity contribution is 0.0697. The van der Waals surface area contributed by atoms with Gasteiger partial charge in [0.25, 0.3) is 11.8 Å². The van der Waals surface area contributed by atoms with E-state index in [-0.39, 0.29) is 17.9 Å². The summed E-state index contributed by atoms with van der Waals surface area (Å²) in [4.78, 5) is 27.4. The van der Waals surface area contributed by atoms with Gasteiger partial charge in [0.2, 0.25) is 0 Å². The number of piperidine rings is 1. The fourth-order valence-corrected chi connectivity index (χ4v) is 3.95. The summed E-state index contributed by atoms with van der Waals surface area (Å²) in [6.45, 7) is 5.67. The predicted molar refractivity (Wildman–Crippen MR) is 122 cm³/mol. The fraction of sp³-hybridized carbons (Fsp3) is 0.320. The third kappa shape index (κ3) is 4.82. The van der Waals surface area contributed by atoms with Gasteiger partial charge in [-0.2, -0.15) is 5.10 Å². The predicted octanol–water partition coefficient (Wildman–Crippen LogP) is 3.61. The topological polar surface area (TPSA) is 76.5 Å². The Hall–Kier alpha value is -3.61. The van der Waals surface area contributed by atoms with Crippen LogP contribution in [0.25, 0.3) is 5.69 Å². The molecule has 3 aromatic rings. The van der Waals surface area contributed by atoms with Crippen molar-refractivity contribution in [1.29, 1.82) is 0 Å². The van der Waals surface area contributed by atoms with Crippen molar-refractivity contribution in [3.05, 3.63) is 77.6 Å². The maximum Gasteiger partial charge on any atom is 0.272 e. The smallest absolute Gasteiger partial charge is 0.272 e. The maximum absolute atomic E-state index is 12.8. The van der Waals surface area contributed by atoms with E-state index in [4.69, 9.17) is 4.74 Å². The highest BCUT2D eigenvalue weighted by atomic mass is 16.5. The van der Waals surface area contributed by atoms with Crippen LogP contribution in [-0.2, 0) is 0 Å². The number of amides is 2. The van der Waals surface area contributed by atoms with Crippen LogP contribution in [0, 0.1) is 6.92 Å². The number of aryl methyl sites for hydroxylation is 1. The van der Waals surface area contributed by atoms with Crippen LogP contribution < -0.4 is 10.1 Å². The SMILES string of the molecule is CCOc1ccc(C(=O)N2CCC(NC(=O)c3cc(C)n(-c4ccccc4)n3)CC2)cc1. The number of carbonyl (C=O) groups excluding carboxylic acids is 2. The number of para-hydroxylation sites is 1. The minimum Gasteiger partial charge on any atom is -0.494 e. The maximum atomic E-state index is 12.8. The van der Waals surface area contributed by atoms with Gasteiger partial charge in [0.15, 0.2) is 5.69 Å². The molecule has 32 heavy (non-hydrogen) atoms. The van der Waals surface area contributed by atoms with E-state index in [1.165, 1.54) is 0 Å². The van der Waals surface area contributed by atoms with Gasteiger partial charge in [0.1, 0.15) is 5.75 Å². The molecule has 7 heteroatoms. The Labute approximate surface area is 188 Å². The first kappa shape index (κ1) is 21.6. The van der Waals surface area contributed by atoms with E-state index >= 15 is 0 Å². The average Bonchev–Trinajstić information content (AvgIpc) is 3.22. The molecule has 1 aliphatic heterocycles. The lowest BCUT2D eigenvalue weighted by atomic mass is 10.0. The number of hydrogen-bond donors (Lipinski definition) is 1. The number of nitrogens with zero attached hydrogens (tertiary/aromatic N) is 3. The van der Waals surface area contributed by atoms with Crippen LogP contribution in [0.3, 0.4) is 0 Å². The summed E-state index contributed by atoms with van der Waals surface area (Å²) in [5.41, 5.74) is 2.87. The number of carbonyl (C=O) groups is 2. The van der Waals surface area contributed by atoms with Crippen molar-refractivity contribution >= 4 is 11.8 Å². The first-order chi connectivity index (χ1) is 15.5. The van der Waals surface area contributed by atoms with Gasteiger partial charge >= 0.3 is 0 Å². The molecular formula is C25H28N4O3. The molecule has 0 unspecified atom stereocenters. The third-order valence-electron chi connectivity index (χ3n) is 5.65. The molecule has 0 spiro atoms. The molecule has 1 aliphatic rings. The van der Waals surface area contributed by atoms with E-state index in [9.17, 15) is 9.59 Å². The Bertz CT molecular complexity index is 1070. The van der Waals surface area contributed by atoms with Crippen molar-refractivity contribution in [2.45, 2.75) is 32.7 Å². The lowest BCUT2D eigenvalue weighted by Gasteiger charge is -2.32. The van der Waals surface area contributed by atoms with Gasteiger partial charge in [-0.1, -0.05) is 18.2 Å². The van der Waals surface area contributed by atoms with Crippen molar-refractivity contribution in [2.75, 3.05) is 19.7 Å². The number of hydrogen-bond acceptors (Lipinski definition) is 4. The summed E-state index contributed by atoms with van der Waals surface area (Å²) in [5.74, 6) is 0.588. The first-order valence-electron chi connectivity index (χ1n) is 11.0. The molecule has 0 radical (unpaired) electrons. The first-order valence-corrected chi connectivity index (χ1v) is 11.0. The highest BCUT2D eigenvalue weighted by Crippen LogP contribution is 2.18. The van der Waals surface area contributed by atoms with Crippen LogP contribution in [0.2, 0.25) is 0 Å². The van der Waals surface area contributed by atoms with E-state index in [1.807, 2.05) is 61.2 Å². The largest absolute Gasteiger partial charge is 0.494 e. The van der Waals surface area contributed by atoms with Crippen LogP contribution in [-0.4, -0.2) is 52.2 Å². The highest BCUT2D eigenvalue weighted by Gasteiger charge is 2.25. The zero-order valence-corrected chi connectivity index (χ0v) is 18.5. The molecule has 166 valence electrons. The fourth-order valence-electron chi connectivity index (χ4n) is 3.95. The Morgan fingerprint density at radius 3 is 2.41 bits per heavy atom. The minimum atomic E-state index is -0.181. The molecule has 4 rings (SSSR count). The van der Waals surface area contributed by atoms with Gasteiger partial charge in [0, 0.05) is 30.4 Å². The van der Waals surface area contributed by atoms with E-state index in [2.05, 4.69) is 10.4 Å². The van der Waals surface area contributed by atoms with Gasteiger partial charge in [-0.15, -0.1) is 0 Å². The minimum absolute atomic E-state index is 0.00931. The number of aromatic nitrogens is 2. The van der Waals surface area contributed by atoms with E-state index in [0.29, 0.717) is 43.8 Å². The Balaban J connectivity index is 1.32. The number of rotatable bonds is 6. The van der Waals surface area contributed by atoms with Crippen LogP contribution in [0.1, 0.15) is 46.3 Å². The number of likely N-dealkylation sites (tertiary alicyclic amines) is 1. The van der Waals surface area contributed by atoms with Crippen molar-refractivity contribution in [2.24, 2.45) is 0 Å². The summed E-state index contributed by atoms with van der Waals surface area (Å²) >= 11 is 0. The Morgan fingerprint density at radius 1 is 1.06 bits per heavy atom. The van der Waals surface area contributed by atoms with Gasteiger partial charge in [-0.05, 0) is 69.2 Å². The zero-order chi connectivity index (χ0) is 22.5. The third-order valence-corrected chi connectivity index (χ3v) is 5.65. The molecule has 1 fully saturated rings. The standard InChI is InChI=1S/C25H28N4O3/c1-3-32-22-11-9-19(10-12-22)25(31)28-15-13-20(14-16-28)26-24(30)23-17-18(2)29(27-23)21-7-5-4-6-8-21/h4-12,17,20H,3,13-16H2,1-2H3,(H,26,30). The van der Waals surface area contributed by atoms with Crippen molar-refractivity contribution < 1.29 is 14.3 Å². The van der Waals surface area contributed by atoms with Gasteiger partial charge in [-0.25, -0.2) is 4.68 Å². The van der Waals surface area contributed by atoms with Crippen LogP contribution in [0.15, 0.2) is 60.7 Å². The summed E-state index contributed by atoms with van der Waals surface area (Å²) in [6, 6.07) is 18.8. The molecule has 7 nitrogen and oxygen atoms in total. The van der Waals surface area contributed by atoms with E-state index in [1.54, 1.807) is 22.9 Å². The Morgan fingerprint density at radius 2 is 1.75 bits per heavy atom. The molecule has 1 aromatic heterocycles. The number of nitrogens with one attached hydrogen (secondary N) is 1. The summed E-state index contributed by atoms with van der Waals surface area (Å²) in [7, 11) is 0. The van der Waals surface area contributed by atoms with E-state index in [0.717, 1.165) is 17.1 Å². The summed E-state index contributed by atoms with van der Waals surface area (Å²) in [5, 5.41) is 7.56. The molecular weight excluding hydrogens is 404 g/mol. The lowest BCUT2D eigenvalue weighted by Crippen LogP contribution is -2.46. The van der Waals surface area contributed by atoms with Crippen molar-refractivity contribution in [1.82, 2.24) is 20.0 Å². The molecule has 2 heterocycles. The van der Waals surface area contributed by atoms with Crippen molar-refractivity contribution in [3.8, 4) is 11.4 Å². The molecule has 2 aromatic carbocycles. The van der Waals surface area contributed by atoms with E-state index < -0.39 is 0 Å². The molecule has 0 atom stereocenters. The number of ether oxygens (including phenoxy) is 1. The highest BCUT2D eigenvalue weighted by molar-refractivity contribution is 5.94. The molecule has 0 bridgehead atoms. The van der Waals surface area contributed by atoms with Gasteiger partial charge in [-0.3, -0.25) is 9.59 Å². The molecule has 0 saturated carbocycles.